The maximum absolute atomic E-state index is 11.8. The summed E-state index contributed by atoms with van der Waals surface area (Å²) in [6.45, 7) is 2.37. The number of hydrogen-bond donors (Lipinski definition) is 1. The van der Waals surface area contributed by atoms with Gasteiger partial charge in [-0.05, 0) is 36.8 Å². The standard InChI is InChI=1S/C19H18N4O4/c1-13-9-10-22(21-13)17-6-4-3-5-14(17)12-20-15-7-8-18(23(25)26)16(11-15)19(24)27-2/h3-11,20H,12H2,1-2H3. The summed E-state index contributed by atoms with van der Waals surface area (Å²) in [6.07, 6.45) is 1.88. The Morgan fingerprint density at radius 3 is 2.70 bits per heavy atom. The molecule has 0 aliphatic carbocycles. The van der Waals surface area contributed by atoms with E-state index in [0.29, 0.717) is 12.2 Å². The SMILES string of the molecule is COC(=O)c1cc(NCc2ccccc2-n2ccc(C)n2)ccc1[N+](=O)[O-]. The van der Waals surface area contributed by atoms with Crippen LogP contribution in [0.15, 0.2) is 54.7 Å². The number of nitrogens with one attached hydrogen (secondary N) is 1. The summed E-state index contributed by atoms with van der Waals surface area (Å²) in [5.41, 5.74) is 3.01. The van der Waals surface area contributed by atoms with Crippen LogP contribution in [0.5, 0.6) is 0 Å². The maximum atomic E-state index is 11.8. The van der Waals surface area contributed by atoms with Crippen LogP contribution in [0.4, 0.5) is 11.4 Å². The summed E-state index contributed by atoms with van der Waals surface area (Å²) < 4.78 is 6.44. The van der Waals surface area contributed by atoms with Crippen molar-refractivity contribution in [1.29, 1.82) is 0 Å². The fourth-order valence-corrected chi connectivity index (χ4v) is 2.71. The second-order valence-corrected chi connectivity index (χ2v) is 5.86. The molecule has 1 heterocycles. The van der Waals surface area contributed by atoms with E-state index in [0.717, 1.165) is 16.9 Å². The quantitative estimate of drug-likeness (QED) is 0.407. The molecule has 1 N–H and O–H groups in total. The molecule has 3 aromatic rings. The zero-order valence-electron chi connectivity index (χ0n) is 14.9. The lowest BCUT2D eigenvalue weighted by atomic mass is 10.1. The summed E-state index contributed by atoms with van der Waals surface area (Å²) in [6, 6.07) is 14.0. The highest BCUT2D eigenvalue weighted by atomic mass is 16.6. The zero-order chi connectivity index (χ0) is 19.4. The van der Waals surface area contributed by atoms with Gasteiger partial charge in [-0.2, -0.15) is 5.10 Å². The van der Waals surface area contributed by atoms with Crippen LogP contribution in [0.1, 0.15) is 21.6 Å². The number of anilines is 1. The van der Waals surface area contributed by atoms with Crippen molar-refractivity contribution in [2.75, 3.05) is 12.4 Å². The lowest BCUT2D eigenvalue weighted by Gasteiger charge is -2.12. The van der Waals surface area contributed by atoms with Crippen molar-refractivity contribution in [2.45, 2.75) is 13.5 Å². The molecule has 8 heteroatoms. The normalized spacial score (nSPS) is 10.4. The lowest BCUT2D eigenvalue weighted by molar-refractivity contribution is -0.385. The first-order chi connectivity index (χ1) is 13.0. The molecule has 0 amide bonds. The first-order valence-corrected chi connectivity index (χ1v) is 8.21. The Labute approximate surface area is 155 Å². The molecule has 0 fully saturated rings. The minimum absolute atomic E-state index is 0.0940. The van der Waals surface area contributed by atoms with Crippen LogP contribution in [-0.4, -0.2) is 27.8 Å². The van der Waals surface area contributed by atoms with Crippen molar-refractivity contribution in [3.8, 4) is 5.69 Å². The second kappa shape index (κ2) is 7.69. The predicted octanol–water partition coefficient (Wildman–Crippen LogP) is 3.49. The Balaban J connectivity index is 1.86. The summed E-state index contributed by atoms with van der Waals surface area (Å²) >= 11 is 0. The molecule has 8 nitrogen and oxygen atoms in total. The van der Waals surface area contributed by atoms with Gasteiger partial charge in [0.1, 0.15) is 5.56 Å². The first-order valence-electron chi connectivity index (χ1n) is 8.21. The minimum Gasteiger partial charge on any atom is -0.465 e. The molecule has 0 spiro atoms. The van der Waals surface area contributed by atoms with Gasteiger partial charge < -0.3 is 10.1 Å². The van der Waals surface area contributed by atoms with Crippen LogP contribution in [0, 0.1) is 17.0 Å². The van der Waals surface area contributed by atoms with Crippen molar-refractivity contribution >= 4 is 17.3 Å². The molecule has 0 aliphatic rings. The molecule has 0 saturated heterocycles. The van der Waals surface area contributed by atoms with E-state index in [1.165, 1.54) is 19.2 Å². The summed E-state index contributed by atoms with van der Waals surface area (Å²) in [4.78, 5) is 22.3. The Bertz CT molecular complexity index is 997. The van der Waals surface area contributed by atoms with Crippen LogP contribution < -0.4 is 5.32 Å². The van der Waals surface area contributed by atoms with Crippen molar-refractivity contribution in [3.05, 3.63) is 81.7 Å². The van der Waals surface area contributed by atoms with E-state index in [2.05, 4.69) is 15.2 Å². The van der Waals surface area contributed by atoms with Crippen LogP contribution in [0.2, 0.25) is 0 Å². The summed E-state index contributed by atoms with van der Waals surface area (Å²) in [5.74, 6) is -0.752. The molecule has 2 aromatic carbocycles. The maximum Gasteiger partial charge on any atom is 0.344 e. The highest BCUT2D eigenvalue weighted by Crippen LogP contribution is 2.24. The minimum atomic E-state index is -0.752. The lowest BCUT2D eigenvalue weighted by Crippen LogP contribution is -2.09. The third-order valence-electron chi connectivity index (χ3n) is 4.04. The van der Waals surface area contributed by atoms with Gasteiger partial charge in [-0.25, -0.2) is 9.48 Å². The highest BCUT2D eigenvalue weighted by molar-refractivity contribution is 5.95. The van der Waals surface area contributed by atoms with E-state index in [1.807, 2.05) is 43.5 Å². The van der Waals surface area contributed by atoms with Gasteiger partial charge in [0.25, 0.3) is 5.69 Å². The molecular weight excluding hydrogens is 348 g/mol. The number of carbonyl (C=O) groups is 1. The van der Waals surface area contributed by atoms with Gasteiger partial charge in [0.05, 0.1) is 23.4 Å². The third kappa shape index (κ3) is 3.95. The molecule has 0 bridgehead atoms. The molecular formula is C19H18N4O4. The van der Waals surface area contributed by atoms with Gasteiger partial charge in [0.2, 0.25) is 0 Å². The Morgan fingerprint density at radius 1 is 1.26 bits per heavy atom. The number of nitrogens with zero attached hydrogens (tertiary/aromatic N) is 3. The number of ether oxygens (including phenoxy) is 1. The second-order valence-electron chi connectivity index (χ2n) is 5.86. The van der Waals surface area contributed by atoms with Crippen LogP contribution in [0.3, 0.4) is 0 Å². The summed E-state index contributed by atoms with van der Waals surface area (Å²) in [7, 11) is 1.19. The molecule has 27 heavy (non-hydrogen) atoms. The Kier molecular flexibility index (Phi) is 5.16. The average Bonchev–Trinajstić information content (AvgIpc) is 3.11. The molecule has 0 aliphatic heterocycles. The number of aromatic nitrogens is 2. The molecule has 1 aromatic heterocycles. The molecule has 0 saturated carbocycles. The van der Waals surface area contributed by atoms with Crippen molar-refractivity contribution in [3.63, 3.8) is 0 Å². The molecule has 3 rings (SSSR count). The first kappa shape index (κ1) is 18.1. The zero-order valence-corrected chi connectivity index (χ0v) is 14.9. The monoisotopic (exact) mass is 366 g/mol. The number of benzene rings is 2. The number of methoxy groups -OCH3 is 1. The topological polar surface area (TPSA) is 99.3 Å². The number of aryl methyl sites for hydroxylation is 1. The van der Waals surface area contributed by atoms with Gasteiger partial charge in [0, 0.05) is 24.5 Å². The number of hydrogen-bond acceptors (Lipinski definition) is 6. The highest BCUT2D eigenvalue weighted by Gasteiger charge is 2.21. The smallest absolute Gasteiger partial charge is 0.344 e. The largest absolute Gasteiger partial charge is 0.465 e. The van der Waals surface area contributed by atoms with E-state index < -0.39 is 10.9 Å². The molecule has 0 atom stereocenters. The van der Waals surface area contributed by atoms with Crippen molar-refractivity contribution in [2.24, 2.45) is 0 Å². The van der Waals surface area contributed by atoms with Crippen molar-refractivity contribution in [1.82, 2.24) is 9.78 Å². The van der Waals surface area contributed by atoms with Gasteiger partial charge in [-0.1, -0.05) is 18.2 Å². The van der Waals surface area contributed by atoms with Gasteiger partial charge in [-0.15, -0.1) is 0 Å². The fourth-order valence-electron chi connectivity index (χ4n) is 2.71. The van der Waals surface area contributed by atoms with E-state index in [-0.39, 0.29) is 11.3 Å². The molecule has 0 unspecified atom stereocenters. The summed E-state index contributed by atoms with van der Waals surface area (Å²) in [5, 5.41) is 18.7. The molecule has 0 radical (unpaired) electrons. The van der Waals surface area contributed by atoms with Gasteiger partial charge in [0.15, 0.2) is 0 Å². The number of esters is 1. The Morgan fingerprint density at radius 2 is 2.04 bits per heavy atom. The number of carbonyl (C=O) groups excluding carboxylic acids is 1. The van der Waals surface area contributed by atoms with Gasteiger partial charge in [-0.3, -0.25) is 10.1 Å². The number of nitro benzene ring substituents is 1. The molecule has 138 valence electrons. The van der Waals surface area contributed by atoms with Crippen LogP contribution >= 0.6 is 0 Å². The number of rotatable bonds is 6. The Hall–Kier alpha value is -3.68. The van der Waals surface area contributed by atoms with Crippen LogP contribution in [0.25, 0.3) is 5.69 Å². The number of nitro groups is 1. The van der Waals surface area contributed by atoms with E-state index in [9.17, 15) is 14.9 Å². The van der Waals surface area contributed by atoms with E-state index in [4.69, 9.17) is 0 Å². The average molecular weight is 366 g/mol. The predicted molar refractivity (Wildman–Crippen MR) is 100 cm³/mol. The van der Waals surface area contributed by atoms with E-state index in [1.54, 1.807) is 10.7 Å². The van der Waals surface area contributed by atoms with Crippen molar-refractivity contribution < 1.29 is 14.5 Å². The third-order valence-corrected chi connectivity index (χ3v) is 4.04. The number of para-hydroxylation sites is 1. The van der Waals surface area contributed by atoms with Gasteiger partial charge >= 0.3 is 5.97 Å². The van der Waals surface area contributed by atoms with E-state index >= 15 is 0 Å². The fraction of sp³-hybridized carbons (Fsp3) is 0.158. The van der Waals surface area contributed by atoms with Crippen LogP contribution in [-0.2, 0) is 11.3 Å².